The molecule has 3 aromatic carbocycles. The number of rotatable bonds is 5. The van der Waals surface area contributed by atoms with Crippen molar-refractivity contribution in [3.8, 4) is 22.6 Å². The van der Waals surface area contributed by atoms with Crippen molar-refractivity contribution in [3.05, 3.63) is 77.7 Å². The lowest BCUT2D eigenvalue weighted by molar-refractivity contribution is 0.0716. The Labute approximate surface area is 194 Å². The van der Waals surface area contributed by atoms with E-state index in [9.17, 15) is 13.6 Å². The highest BCUT2D eigenvalue weighted by Crippen LogP contribution is 2.36. The van der Waals surface area contributed by atoms with Crippen molar-refractivity contribution in [2.75, 3.05) is 20.8 Å². The first-order chi connectivity index (χ1) is 16.5. The minimum Gasteiger partial charge on any atom is -0.497 e. The van der Waals surface area contributed by atoms with E-state index < -0.39 is 11.6 Å². The number of amides is 1. The lowest BCUT2D eigenvalue weighted by atomic mass is 10.0. The molecule has 1 aromatic heterocycles. The summed E-state index contributed by atoms with van der Waals surface area (Å²) < 4.78 is 44.1. The topological polar surface area (TPSA) is 64.8 Å². The molecule has 6 nitrogen and oxygen atoms in total. The lowest BCUT2D eigenvalue weighted by Gasteiger charge is -2.22. The van der Waals surface area contributed by atoms with Gasteiger partial charge in [-0.05, 0) is 54.8 Å². The number of carbonyl (C=O) groups is 1. The summed E-state index contributed by atoms with van der Waals surface area (Å²) in [6.45, 7) is 0.563. The summed E-state index contributed by atoms with van der Waals surface area (Å²) >= 11 is 0. The highest BCUT2D eigenvalue weighted by Gasteiger charge is 2.34. The van der Waals surface area contributed by atoms with Crippen LogP contribution in [0.25, 0.3) is 22.2 Å². The van der Waals surface area contributed by atoms with Crippen LogP contribution in [0, 0.1) is 11.6 Å². The van der Waals surface area contributed by atoms with E-state index in [1.165, 1.54) is 26.4 Å². The van der Waals surface area contributed by atoms with Gasteiger partial charge in [0.25, 0.3) is 5.91 Å². The van der Waals surface area contributed by atoms with Gasteiger partial charge in [-0.3, -0.25) is 4.79 Å². The molecule has 0 N–H and O–H groups in total. The van der Waals surface area contributed by atoms with Crippen molar-refractivity contribution in [2.24, 2.45) is 0 Å². The molecular weight excluding hydrogens is 442 g/mol. The molecule has 0 radical (unpaired) electrons. The third-order valence-corrected chi connectivity index (χ3v) is 6.04. The number of methoxy groups -OCH3 is 2. The number of benzene rings is 3. The van der Waals surface area contributed by atoms with E-state index in [1.807, 2.05) is 0 Å². The molecule has 4 aromatic rings. The molecule has 0 unspecified atom stereocenters. The summed E-state index contributed by atoms with van der Waals surface area (Å²) in [6, 6.07) is 13.3. The van der Waals surface area contributed by atoms with Crippen LogP contribution in [-0.2, 0) is 0 Å². The minimum absolute atomic E-state index is 0.170. The van der Waals surface area contributed by atoms with Gasteiger partial charge in [0, 0.05) is 29.8 Å². The first-order valence-corrected chi connectivity index (χ1v) is 10.9. The number of halogens is 2. The Morgan fingerprint density at radius 3 is 2.50 bits per heavy atom. The zero-order valence-corrected chi connectivity index (χ0v) is 18.7. The third kappa shape index (κ3) is 3.96. The molecule has 5 rings (SSSR count). The number of fused-ring (bicyclic) bond motifs is 1. The number of carbonyl (C=O) groups excluding carboxylic acids is 1. The van der Waals surface area contributed by atoms with Gasteiger partial charge in [-0.2, -0.15) is 0 Å². The van der Waals surface area contributed by atoms with Gasteiger partial charge in [-0.15, -0.1) is 0 Å². The minimum atomic E-state index is -0.649. The van der Waals surface area contributed by atoms with Crippen LogP contribution in [0.4, 0.5) is 8.78 Å². The third-order valence-electron chi connectivity index (χ3n) is 6.04. The van der Waals surface area contributed by atoms with Crippen molar-refractivity contribution in [3.63, 3.8) is 0 Å². The summed E-state index contributed by atoms with van der Waals surface area (Å²) in [4.78, 5) is 19.7. The van der Waals surface area contributed by atoms with Crippen LogP contribution in [0.15, 0.2) is 59.0 Å². The number of likely N-dealkylation sites (tertiary alicyclic amines) is 1. The zero-order chi connectivity index (χ0) is 23.8. The van der Waals surface area contributed by atoms with E-state index >= 15 is 0 Å². The van der Waals surface area contributed by atoms with Crippen LogP contribution in [0.2, 0.25) is 0 Å². The van der Waals surface area contributed by atoms with Gasteiger partial charge >= 0.3 is 0 Å². The Balaban J connectivity index is 1.46. The normalized spacial score (nSPS) is 15.6. The molecule has 1 atom stereocenters. The number of aromatic nitrogens is 1. The van der Waals surface area contributed by atoms with Crippen LogP contribution in [0.3, 0.4) is 0 Å². The number of hydrogen-bond donors (Lipinski definition) is 0. The molecule has 2 heterocycles. The number of hydrogen-bond acceptors (Lipinski definition) is 5. The first-order valence-electron chi connectivity index (χ1n) is 10.9. The Morgan fingerprint density at radius 1 is 1.03 bits per heavy atom. The molecular formula is C26H22F2N2O4. The molecule has 0 bridgehead atoms. The zero-order valence-electron chi connectivity index (χ0n) is 18.7. The van der Waals surface area contributed by atoms with Crippen LogP contribution >= 0.6 is 0 Å². The highest BCUT2D eigenvalue weighted by molar-refractivity contribution is 5.95. The molecule has 174 valence electrons. The fraction of sp³-hybridized carbons (Fsp3) is 0.231. The van der Waals surface area contributed by atoms with Gasteiger partial charge in [0.1, 0.15) is 34.7 Å². The molecule has 1 aliphatic heterocycles. The number of oxazole rings is 1. The average Bonchev–Trinajstić information content (AvgIpc) is 3.49. The fourth-order valence-corrected chi connectivity index (χ4v) is 4.34. The van der Waals surface area contributed by atoms with Crippen molar-refractivity contribution in [1.82, 2.24) is 9.88 Å². The first kappa shape index (κ1) is 21.9. The maximum atomic E-state index is 14.3. The summed E-state index contributed by atoms with van der Waals surface area (Å²) in [7, 11) is 3.07. The van der Waals surface area contributed by atoms with Crippen molar-refractivity contribution < 1.29 is 27.5 Å². The number of nitrogens with zero attached hydrogens (tertiary/aromatic N) is 2. The fourth-order valence-electron chi connectivity index (χ4n) is 4.34. The van der Waals surface area contributed by atoms with E-state index in [0.29, 0.717) is 52.6 Å². The Bertz CT molecular complexity index is 1360. The molecule has 1 fully saturated rings. The van der Waals surface area contributed by atoms with Gasteiger partial charge in [-0.1, -0.05) is 6.07 Å². The van der Waals surface area contributed by atoms with Gasteiger partial charge in [0.2, 0.25) is 5.89 Å². The second-order valence-corrected chi connectivity index (χ2v) is 8.12. The Morgan fingerprint density at radius 2 is 1.79 bits per heavy atom. The maximum absolute atomic E-state index is 14.3. The summed E-state index contributed by atoms with van der Waals surface area (Å²) in [6.07, 6.45) is 1.52. The second kappa shape index (κ2) is 8.78. The van der Waals surface area contributed by atoms with Crippen molar-refractivity contribution >= 4 is 17.0 Å². The standard InChI is InChI=1S/C26H22F2N2O4/c1-32-18-10-16(11-19(14-18)33-2)26(31)30-9-3-4-23(30)25-29-22-12-15(5-8-24(22)34-25)20-7-6-17(27)13-21(20)28/h5-8,10-14,23H,3-4,9H2,1-2H3/t23-/m0/s1. The SMILES string of the molecule is COc1cc(OC)cc(C(=O)N2CCC[C@H]2c2nc3cc(-c4ccc(F)cc4F)ccc3o2)c1. The van der Waals surface area contributed by atoms with Crippen molar-refractivity contribution in [2.45, 2.75) is 18.9 Å². The molecule has 0 spiro atoms. The van der Waals surface area contributed by atoms with Gasteiger partial charge in [-0.25, -0.2) is 13.8 Å². The van der Waals surface area contributed by atoms with Crippen LogP contribution in [-0.4, -0.2) is 36.6 Å². The molecule has 1 amide bonds. The largest absolute Gasteiger partial charge is 0.497 e. The monoisotopic (exact) mass is 464 g/mol. The van der Waals surface area contributed by atoms with Crippen LogP contribution in [0.1, 0.15) is 35.1 Å². The predicted octanol–water partition coefficient (Wildman–Crippen LogP) is 5.77. The summed E-state index contributed by atoms with van der Waals surface area (Å²) in [5, 5.41) is 0. The van der Waals surface area contributed by atoms with E-state index in [4.69, 9.17) is 13.9 Å². The molecule has 0 saturated carbocycles. The van der Waals surface area contributed by atoms with E-state index in [-0.39, 0.29) is 17.5 Å². The molecule has 34 heavy (non-hydrogen) atoms. The predicted molar refractivity (Wildman–Crippen MR) is 122 cm³/mol. The molecule has 1 saturated heterocycles. The quantitative estimate of drug-likeness (QED) is 0.375. The Kier molecular flexibility index (Phi) is 5.65. The lowest BCUT2D eigenvalue weighted by Crippen LogP contribution is -2.30. The molecule has 8 heteroatoms. The smallest absolute Gasteiger partial charge is 0.254 e. The van der Waals surface area contributed by atoms with E-state index in [1.54, 1.807) is 41.3 Å². The van der Waals surface area contributed by atoms with Gasteiger partial charge in [0.15, 0.2) is 5.58 Å². The molecule has 0 aliphatic carbocycles. The van der Waals surface area contributed by atoms with Crippen molar-refractivity contribution in [1.29, 1.82) is 0 Å². The summed E-state index contributed by atoms with van der Waals surface area (Å²) in [5.41, 5.74) is 2.36. The highest BCUT2D eigenvalue weighted by atomic mass is 19.1. The second-order valence-electron chi connectivity index (χ2n) is 8.12. The van der Waals surface area contributed by atoms with E-state index in [2.05, 4.69) is 4.98 Å². The molecule has 1 aliphatic rings. The maximum Gasteiger partial charge on any atom is 0.254 e. The van der Waals surface area contributed by atoms with Gasteiger partial charge < -0.3 is 18.8 Å². The van der Waals surface area contributed by atoms with Crippen LogP contribution < -0.4 is 9.47 Å². The average molecular weight is 464 g/mol. The number of ether oxygens (including phenoxy) is 2. The Hall–Kier alpha value is -3.94. The van der Waals surface area contributed by atoms with Crippen LogP contribution in [0.5, 0.6) is 11.5 Å². The summed E-state index contributed by atoms with van der Waals surface area (Å²) in [5.74, 6) is 0.0280. The van der Waals surface area contributed by atoms with Gasteiger partial charge in [0.05, 0.1) is 14.2 Å². The van der Waals surface area contributed by atoms with E-state index in [0.717, 1.165) is 12.5 Å².